The molecular weight excluding hydrogens is 555 g/mol. The van der Waals surface area contributed by atoms with Gasteiger partial charge in [0, 0.05) is 22.5 Å². The second kappa shape index (κ2) is 11.4. The molecule has 0 radical (unpaired) electrons. The first kappa shape index (κ1) is 27.9. The van der Waals surface area contributed by atoms with Crippen LogP contribution in [0.2, 0.25) is 0 Å². The molecule has 220 valence electrons. The van der Waals surface area contributed by atoms with E-state index in [4.69, 9.17) is 0 Å². The minimum absolute atomic E-state index is 0.0789. The lowest BCUT2D eigenvalue weighted by Gasteiger charge is -2.28. The van der Waals surface area contributed by atoms with Crippen LogP contribution in [-0.2, 0) is 5.41 Å². The lowest BCUT2D eigenvalue weighted by Crippen LogP contribution is -2.16. The monoisotopic (exact) mass is 589 g/mol. The van der Waals surface area contributed by atoms with Gasteiger partial charge in [-0.1, -0.05) is 153 Å². The first-order valence-corrected chi connectivity index (χ1v) is 16.0. The van der Waals surface area contributed by atoms with Crippen LogP contribution < -0.4 is 4.90 Å². The van der Waals surface area contributed by atoms with Crippen LogP contribution >= 0.6 is 0 Å². The maximum Gasteiger partial charge on any atom is 0.0467 e. The molecule has 46 heavy (non-hydrogen) atoms. The molecule has 1 nitrogen and oxygen atoms in total. The molecule has 0 unspecified atom stereocenters. The standard InChI is InChI=1S/C45H35N/c1-45(2)43-23-12-11-22-41(43)42-29-28-38(31-44(42)45)46(37-19-13-18-35(30-37)32-14-5-3-6-15-32)36-26-24-34(25-27-36)40-21-10-9-20-39(40)33-16-7-4-8-17-33/h3-31H,1-2H3. The summed E-state index contributed by atoms with van der Waals surface area (Å²) in [5.41, 5.74) is 16.1. The molecule has 7 aromatic carbocycles. The number of benzene rings is 7. The van der Waals surface area contributed by atoms with E-state index in [2.05, 4.69) is 195 Å². The molecule has 1 aliphatic rings. The van der Waals surface area contributed by atoms with Crippen LogP contribution in [0.25, 0.3) is 44.5 Å². The summed E-state index contributed by atoms with van der Waals surface area (Å²) in [5, 5.41) is 0. The van der Waals surface area contributed by atoms with Crippen LogP contribution in [0.3, 0.4) is 0 Å². The Morgan fingerprint density at radius 3 is 1.52 bits per heavy atom. The van der Waals surface area contributed by atoms with E-state index in [0.29, 0.717) is 0 Å². The van der Waals surface area contributed by atoms with Gasteiger partial charge >= 0.3 is 0 Å². The molecule has 0 saturated carbocycles. The van der Waals surface area contributed by atoms with Crippen LogP contribution in [0.1, 0.15) is 25.0 Å². The topological polar surface area (TPSA) is 3.24 Å². The second-order valence-electron chi connectivity index (χ2n) is 12.6. The molecule has 0 saturated heterocycles. The Labute approximate surface area is 272 Å². The van der Waals surface area contributed by atoms with Crippen LogP contribution in [0.4, 0.5) is 17.1 Å². The summed E-state index contributed by atoms with van der Waals surface area (Å²) in [6.45, 7) is 4.70. The normalized spacial score (nSPS) is 12.7. The van der Waals surface area contributed by atoms with Crippen molar-refractivity contribution in [3.63, 3.8) is 0 Å². The van der Waals surface area contributed by atoms with Gasteiger partial charge in [-0.2, -0.15) is 0 Å². The Hall–Kier alpha value is -5.66. The SMILES string of the molecule is CC1(C)c2ccccc2-c2ccc(N(c3ccc(-c4ccccc4-c4ccccc4)cc3)c3cccc(-c4ccccc4)c3)cc21. The van der Waals surface area contributed by atoms with E-state index in [9.17, 15) is 0 Å². The lowest BCUT2D eigenvalue weighted by molar-refractivity contribution is 0.660. The van der Waals surface area contributed by atoms with Crippen molar-refractivity contribution in [3.8, 4) is 44.5 Å². The molecular formula is C45H35N. The number of fused-ring (bicyclic) bond motifs is 3. The predicted molar refractivity (Wildman–Crippen MR) is 195 cm³/mol. The van der Waals surface area contributed by atoms with E-state index in [1.165, 1.54) is 55.6 Å². The van der Waals surface area contributed by atoms with Crippen molar-refractivity contribution in [2.24, 2.45) is 0 Å². The van der Waals surface area contributed by atoms with Gasteiger partial charge in [0.25, 0.3) is 0 Å². The highest BCUT2D eigenvalue weighted by Gasteiger charge is 2.35. The molecule has 1 aliphatic carbocycles. The van der Waals surface area contributed by atoms with E-state index < -0.39 is 0 Å². The smallest absolute Gasteiger partial charge is 0.0467 e. The third-order valence-electron chi connectivity index (χ3n) is 9.49. The summed E-state index contributed by atoms with van der Waals surface area (Å²) >= 11 is 0. The molecule has 0 heterocycles. The maximum atomic E-state index is 2.41. The Balaban J connectivity index is 1.26. The fourth-order valence-corrected chi connectivity index (χ4v) is 7.13. The van der Waals surface area contributed by atoms with E-state index in [-0.39, 0.29) is 5.41 Å². The number of hydrogen-bond acceptors (Lipinski definition) is 1. The maximum absolute atomic E-state index is 2.41. The van der Waals surface area contributed by atoms with Crippen molar-refractivity contribution in [1.82, 2.24) is 0 Å². The van der Waals surface area contributed by atoms with Gasteiger partial charge in [-0.15, -0.1) is 0 Å². The Kier molecular flexibility index (Phi) is 6.88. The van der Waals surface area contributed by atoms with Crippen molar-refractivity contribution >= 4 is 17.1 Å². The molecule has 0 spiro atoms. The van der Waals surface area contributed by atoms with Crippen molar-refractivity contribution in [2.45, 2.75) is 19.3 Å². The van der Waals surface area contributed by atoms with E-state index in [0.717, 1.165) is 17.1 Å². The van der Waals surface area contributed by atoms with Gasteiger partial charge < -0.3 is 4.90 Å². The van der Waals surface area contributed by atoms with E-state index >= 15 is 0 Å². The van der Waals surface area contributed by atoms with Crippen LogP contribution in [-0.4, -0.2) is 0 Å². The number of nitrogens with zero attached hydrogens (tertiary/aromatic N) is 1. The van der Waals surface area contributed by atoms with Crippen LogP contribution in [0, 0.1) is 0 Å². The van der Waals surface area contributed by atoms with Crippen molar-refractivity contribution in [3.05, 3.63) is 187 Å². The number of hydrogen-bond donors (Lipinski definition) is 0. The van der Waals surface area contributed by atoms with Crippen molar-refractivity contribution in [1.29, 1.82) is 0 Å². The molecule has 1 heteroatoms. The molecule has 0 aromatic heterocycles. The first-order valence-electron chi connectivity index (χ1n) is 16.0. The fraction of sp³-hybridized carbons (Fsp3) is 0.0667. The average molecular weight is 590 g/mol. The Morgan fingerprint density at radius 2 is 0.826 bits per heavy atom. The Bertz CT molecular complexity index is 2160. The lowest BCUT2D eigenvalue weighted by atomic mass is 9.82. The van der Waals surface area contributed by atoms with E-state index in [1.54, 1.807) is 0 Å². The average Bonchev–Trinajstić information content (AvgIpc) is 3.35. The van der Waals surface area contributed by atoms with Gasteiger partial charge in [0.2, 0.25) is 0 Å². The second-order valence-corrected chi connectivity index (χ2v) is 12.6. The van der Waals surface area contributed by atoms with Gasteiger partial charge in [0.15, 0.2) is 0 Å². The molecule has 0 amide bonds. The third kappa shape index (κ3) is 4.82. The van der Waals surface area contributed by atoms with Crippen molar-refractivity contribution < 1.29 is 0 Å². The molecule has 0 aliphatic heterocycles. The summed E-state index contributed by atoms with van der Waals surface area (Å²) in [5.74, 6) is 0. The minimum Gasteiger partial charge on any atom is -0.310 e. The van der Waals surface area contributed by atoms with Gasteiger partial charge in [0.05, 0.1) is 0 Å². The molecule has 8 rings (SSSR count). The minimum atomic E-state index is -0.0789. The quantitative estimate of drug-likeness (QED) is 0.186. The summed E-state index contributed by atoms with van der Waals surface area (Å²) in [7, 11) is 0. The van der Waals surface area contributed by atoms with E-state index in [1.807, 2.05) is 0 Å². The summed E-state index contributed by atoms with van der Waals surface area (Å²) in [6, 6.07) is 63.8. The molecule has 0 fully saturated rings. The number of rotatable bonds is 6. The highest BCUT2D eigenvalue weighted by molar-refractivity contribution is 5.88. The van der Waals surface area contributed by atoms with Crippen LogP contribution in [0.5, 0.6) is 0 Å². The highest BCUT2D eigenvalue weighted by atomic mass is 15.1. The Morgan fingerprint density at radius 1 is 0.326 bits per heavy atom. The zero-order valence-electron chi connectivity index (χ0n) is 26.2. The van der Waals surface area contributed by atoms with Gasteiger partial charge in [-0.25, -0.2) is 0 Å². The largest absolute Gasteiger partial charge is 0.310 e. The van der Waals surface area contributed by atoms with Crippen molar-refractivity contribution in [2.75, 3.05) is 4.90 Å². The molecule has 0 bridgehead atoms. The summed E-state index contributed by atoms with van der Waals surface area (Å²) in [4.78, 5) is 2.40. The van der Waals surface area contributed by atoms with Crippen LogP contribution in [0.15, 0.2) is 176 Å². The summed E-state index contributed by atoms with van der Waals surface area (Å²) < 4.78 is 0. The van der Waals surface area contributed by atoms with Gasteiger partial charge in [-0.05, 0) is 92.0 Å². The predicted octanol–water partition coefficient (Wildman–Crippen LogP) is 12.5. The zero-order valence-corrected chi connectivity index (χ0v) is 26.2. The zero-order chi connectivity index (χ0) is 31.1. The fourth-order valence-electron chi connectivity index (χ4n) is 7.13. The van der Waals surface area contributed by atoms with Gasteiger partial charge in [0.1, 0.15) is 0 Å². The molecule has 7 aromatic rings. The molecule has 0 N–H and O–H groups in total. The first-order chi connectivity index (χ1) is 22.6. The molecule has 0 atom stereocenters. The third-order valence-corrected chi connectivity index (χ3v) is 9.49. The summed E-state index contributed by atoms with van der Waals surface area (Å²) in [6.07, 6.45) is 0. The number of anilines is 3. The highest BCUT2D eigenvalue weighted by Crippen LogP contribution is 2.50. The van der Waals surface area contributed by atoms with Gasteiger partial charge in [-0.3, -0.25) is 0 Å².